The molecule has 0 saturated heterocycles. The lowest BCUT2D eigenvalue weighted by atomic mass is 10.3. The Balaban J connectivity index is 1.72. The van der Waals surface area contributed by atoms with Gasteiger partial charge in [-0.05, 0) is 18.6 Å². The zero-order chi connectivity index (χ0) is 13.5. The number of pyridine rings is 1. The summed E-state index contributed by atoms with van der Waals surface area (Å²) in [7, 11) is 0. The fourth-order valence-electron chi connectivity index (χ4n) is 1.84. The van der Waals surface area contributed by atoms with Gasteiger partial charge in [0.25, 0.3) is 0 Å². The van der Waals surface area contributed by atoms with Crippen molar-refractivity contribution in [3.8, 4) is 0 Å². The smallest absolute Gasteiger partial charge is 0.221 e. The molecule has 0 aliphatic heterocycles. The molecule has 0 fully saturated rings. The van der Waals surface area contributed by atoms with Crippen LogP contribution in [-0.2, 0) is 11.3 Å². The van der Waals surface area contributed by atoms with Crippen molar-refractivity contribution in [1.82, 2.24) is 20.0 Å². The molecule has 5 heteroatoms. The minimum atomic E-state index is 0.101. The molecule has 0 atom stereocenters. The van der Waals surface area contributed by atoms with Crippen LogP contribution in [0.5, 0.6) is 0 Å². The molecule has 0 radical (unpaired) electrons. The monoisotopic (exact) mass is 260 g/mol. The highest BCUT2D eigenvalue weighted by Crippen LogP contribution is 2.03. The summed E-state index contributed by atoms with van der Waals surface area (Å²) in [6.07, 6.45) is 5.46. The van der Waals surface area contributed by atoms with E-state index in [9.17, 15) is 4.79 Å². The van der Waals surface area contributed by atoms with E-state index in [1.54, 1.807) is 0 Å². The molecular formula is C14H20N4O. The third-order valence-electron chi connectivity index (χ3n) is 2.82. The van der Waals surface area contributed by atoms with Crippen molar-refractivity contribution in [1.29, 1.82) is 0 Å². The van der Waals surface area contributed by atoms with Crippen molar-refractivity contribution in [3.05, 3.63) is 36.3 Å². The number of nitrogens with one attached hydrogen (secondary N) is 2. The maximum Gasteiger partial charge on any atom is 0.221 e. The molecule has 5 nitrogen and oxygen atoms in total. The summed E-state index contributed by atoms with van der Waals surface area (Å²) in [5, 5.41) is 6.09. The van der Waals surface area contributed by atoms with E-state index in [-0.39, 0.29) is 5.91 Å². The van der Waals surface area contributed by atoms with Gasteiger partial charge < -0.3 is 15.0 Å². The molecule has 1 amide bonds. The van der Waals surface area contributed by atoms with Crippen LogP contribution in [0.25, 0.3) is 5.65 Å². The molecule has 2 aromatic rings. The quantitative estimate of drug-likeness (QED) is 0.739. The molecule has 0 spiro atoms. The minimum Gasteiger partial charge on any atom is -0.356 e. The molecule has 0 aliphatic carbocycles. The first kappa shape index (κ1) is 13.5. The average molecular weight is 260 g/mol. The van der Waals surface area contributed by atoms with E-state index in [4.69, 9.17) is 0 Å². The topological polar surface area (TPSA) is 58.4 Å². The second-order valence-corrected chi connectivity index (χ2v) is 4.48. The van der Waals surface area contributed by atoms with Gasteiger partial charge in [-0.1, -0.05) is 13.0 Å². The van der Waals surface area contributed by atoms with Crippen molar-refractivity contribution in [2.45, 2.75) is 26.3 Å². The third-order valence-corrected chi connectivity index (χ3v) is 2.82. The van der Waals surface area contributed by atoms with E-state index < -0.39 is 0 Å². The fourth-order valence-corrected chi connectivity index (χ4v) is 1.84. The van der Waals surface area contributed by atoms with Crippen LogP contribution < -0.4 is 10.6 Å². The second kappa shape index (κ2) is 6.89. The summed E-state index contributed by atoms with van der Waals surface area (Å²) < 4.78 is 1.99. The van der Waals surface area contributed by atoms with Crippen LogP contribution in [0, 0.1) is 0 Å². The number of hydrogen-bond donors (Lipinski definition) is 2. The van der Waals surface area contributed by atoms with Crippen LogP contribution in [0.15, 0.2) is 30.6 Å². The Morgan fingerprint density at radius 3 is 3.05 bits per heavy atom. The fraction of sp³-hybridized carbons (Fsp3) is 0.429. The highest BCUT2D eigenvalue weighted by molar-refractivity contribution is 5.75. The third kappa shape index (κ3) is 4.06. The molecule has 2 aromatic heterocycles. The van der Waals surface area contributed by atoms with Crippen molar-refractivity contribution in [2.75, 3.05) is 13.1 Å². The van der Waals surface area contributed by atoms with Gasteiger partial charge in [0.05, 0.1) is 5.69 Å². The van der Waals surface area contributed by atoms with Crippen LogP contribution in [-0.4, -0.2) is 28.4 Å². The number of amides is 1. The summed E-state index contributed by atoms with van der Waals surface area (Å²) in [6, 6.07) is 5.92. The van der Waals surface area contributed by atoms with Crippen LogP contribution in [0.4, 0.5) is 0 Å². The standard InChI is InChI=1S/C14H20N4O/c1-2-7-16-14(19)6-8-15-10-12-11-18-9-4-3-5-13(18)17-12/h3-5,9,11,15H,2,6-8,10H2,1H3,(H,16,19). The van der Waals surface area contributed by atoms with Gasteiger partial charge in [-0.2, -0.15) is 0 Å². The van der Waals surface area contributed by atoms with Gasteiger partial charge in [0, 0.05) is 38.4 Å². The number of carbonyl (C=O) groups excluding carboxylic acids is 1. The average Bonchev–Trinajstić information content (AvgIpc) is 2.84. The van der Waals surface area contributed by atoms with Crippen molar-refractivity contribution in [2.24, 2.45) is 0 Å². The number of rotatable bonds is 7. The second-order valence-electron chi connectivity index (χ2n) is 4.48. The lowest BCUT2D eigenvalue weighted by molar-refractivity contribution is -0.120. The number of carbonyl (C=O) groups is 1. The highest BCUT2D eigenvalue weighted by atomic mass is 16.1. The SMILES string of the molecule is CCCNC(=O)CCNCc1cn2ccccc2n1. The van der Waals surface area contributed by atoms with Gasteiger partial charge in [-0.25, -0.2) is 4.98 Å². The van der Waals surface area contributed by atoms with E-state index in [0.717, 1.165) is 24.3 Å². The molecular weight excluding hydrogens is 240 g/mol. The van der Waals surface area contributed by atoms with Gasteiger partial charge in [0.1, 0.15) is 5.65 Å². The number of aromatic nitrogens is 2. The van der Waals surface area contributed by atoms with Gasteiger partial charge >= 0.3 is 0 Å². The van der Waals surface area contributed by atoms with Crippen LogP contribution >= 0.6 is 0 Å². The molecule has 2 rings (SSSR count). The Labute approximate surface area is 113 Å². The Morgan fingerprint density at radius 2 is 2.26 bits per heavy atom. The number of nitrogens with zero attached hydrogens (tertiary/aromatic N) is 2. The van der Waals surface area contributed by atoms with Gasteiger partial charge in [-0.3, -0.25) is 4.79 Å². The molecule has 2 N–H and O–H groups in total. The lowest BCUT2D eigenvalue weighted by Gasteiger charge is -2.04. The van der Waals surface area contributed by atoms with E-state index in [1.165, 1.54) is 0 Å². The summed E-state index contributed by atoms with van der Waals surface area (Å²) in [6.45, 7) is 4.15. The first-order valence-corrected chi connectivity index (χ1v) is 6.69. The molecule has 2 heterocycles. The van der Waals surface area contributed by atoms with Crippen molar-refractivity contribution in [3.63, 3.8) is 0 Å². The van der Waals surface area contributed by atoms with E-state index in [0.29, 0.717) is 19.5 Å². The molecule has 102 valence electrons. The highest BCUT2D eigenvalue weighted by Gasteiger charge is 2.02. The van der Waals surface area contributed by atoms with E-state index in [1.807, 2.05) is 41.9 Å². The summed E-state index contributed by atoms with van der Waals surface area (Å²) >= 11 is 0. The summed E-state index contributed by atoms with van der Waals surface area (Å²) in [5.74, 6) is 0.101. The molecule has 0 unspecified atom stereocenters. The molecule has 19 heavy (non-hydrogen) atoms. The summed E-state index contributed by atoms with van der Waals surface area (Å²) in [4.78, 5) is 15.9. The predicted octanol–water partition coefficient (Wildman–Crippen LogP) is 1.34. The minimum absolute atomic E-state index is 0.101. The van der Waals surface area contributed by atoms with Gasteiger partial charge in [-0.15, -0.1) is 0 Å². The van der Waals surface area contributed by atoms with Crippen LogP contribution in [0.1, 0.15) is 25.5 Å². The summed E-state index contributed by atoms with van der Waals surface area (Å²) in [5.41, 5.74) is 1.93. The Hall–Kier alpha value is -1.88. The number of fused-ring (bicyclic) bond motifs is 1. The predicted molar refractivity (Wildman–Crippen MR) is 74.8 cm³/mol. The zero-order valence-electron chi connectivity index (χ0n) is 11.2. The maximum absolute atomic E-state index is 11.4. The zero-order valence-corrected chi connectivity index (χ0v) is 11.2. The first-order valence-electron chi connectivity index (χ1n) is 6.69. The van der Waals surface area contributed by atoms with E-state index >= 15 is 0 Å². The maximum atomic E-state index is 11.4. The number of hydrogen-bond acceptors (Lipinski definition) is 3. The molecule has 0 aromatic carbocycles. The van der Waals surface area contributed by atoms with Crippen molar-refractivity contribution < 1.29 is 4.79 Å². The normalized spacial score (nSPS) is 10.8. The Kier molecular flexibility index (Phi) is 4.92. The molecule has 0 aliphatic rings. The van der Waals surface area contributed by atoms with E-state index in [2.05, 4.69) is 15.6 Å². The van der Waals surface area contributed by atoms with Crippen molar-refractivity contribution >= 4 is 11.6 Å². The van der Waals surface area contributed by atoms with Crippen LogP contribution in [0.2, 0.25) is 0 Å². The largest absolute Gasteiger partial charge is 0.356 e. The Bertz CT molecular complexity index is 502. The van der Waals surface area contributed by atoms with Gasteiger partial charge in [0.15, 0.2) is 0 Å². The first-order chi connectivity index (χ1) is 9.29. The lowest BCUT2D eigenvalue weighted by Crippen LogP contribution is -2.28. The van der Waals surface area contributed by atoms with Crippen LogP contribution in [0.3, 0.4) is 0 Å². The molecule has 0 saturated carbocycles. The number of imidazole rings is 1. The van der Waals surface area contributed by atoms with Gasteiger partial charge in [0.2, 0.25) is 5.91 Å². The Morgan fingerprint density at radius 1 is 1.37 bits per heavy atom. The molecule has 0 bridgehead atoms.